The number of aromatic nitrogens is 1. The van der Waals surface area contributed by atoms with Gasteiger partial charge in [0.25, 0.3) is 5.92 Å². The molecule has 2 atom stereocenters. The summed E-state index contributed by atoms with van der Waals surface area (Å²) in [5.74, 6) is -6.33. The Morgan fingerprint density at radius 1 is 1.26 bits per heavy atom. The molecule has 3 N–H and O–H groups in total. The first-order chi connectivity index (χ1) is 15.9. The topological polar surface area (TPSA) is 115 Å². The summed E-state index contributed by atoms with van der Waals surface area (Å²) in [4.78, 5) is 34.9. The minimum atomic E-state index is -3.23. The Labute approximate surface area is 196 Å². The lowest BCUT2D eigenvalue weighted by Gasteiger charge is -2.35. The summed E-state index contributed by atoms with van der Waals surface area (Å²) in [7, 11) is 0. The molecule has 0 aliphatic carbocycles. The number of likely N-dealkylation sites (tertiary alicyclic amines) is 1. The van der Waals surface area contributed by atoms with Crippen LogP contribution in [0.5, 0.6) is 0 Å². The highest BCUT2D eigenvalue weighted by Crippen LogP contribution is 2.40. The summed E-state index contributed by atoms with van der Waals surface area (Å²) in [6.07, 6.45) is 0.733. The Morgan fingerprint density at radius 3 is 2.50 bits per heavy atom. The van der Waals surface area contributed by atoms with Gasteiger partial charge in [0, 0.05) is 29.7 Å². The SMILES string of the molecule is Cc1cnc(C2=N[C@@](C)(c3ccc(F)cc3)C(C(=O)O)=C(CN3CC(F)(F)C[C@H]3C(=O)O)N2)s1. The number of hydrogen-bond acceptors (Lipinski definition) is 7. The van der Waals surface area contributed by atoms with Crippen molar-refractivity contribution in [2.75, 3.05) is 13.1 Å². The summed E-state index contributed by atoms with van der Waals surface area (Å²) >= 11 is 1.29. The molecule has 0 amide bonds. The van der Waals surface area contributed by atoms with E-state index in [-0.39, 0.29) is 17.1 Å². The number of amidine groups is 1. The second-order valence-corrected chi connectivity index (χ2v) is 9.65. The predicted octanol–water partition coefficient (Wildman–Crippen LogP) is 2.99. The molecule has 0 spiro atoms. The van der Waals surface area contributed by atoms with E-state index in [4.69, 9.17) is 0 Å². The average Bonchev–Trinajstić information content (AvgIpc) is 3.30. The summed E-state index contributed by atoms with van der Waals surface area (Å²) < 4.78 is 41.8. The van der Waals surface area contributed by atoms with Crippen LogP contribution in [0.1, 0.15) is 28.8 Å². The van der Waals surface area contributed by atoms with Crippen LogP contribution in [0.2, 0.25) is 0 Å². The molecule has 0 bridgehead atoms. The third-order valence-electron chi connectivity index (χ3n) is 5.85. The van der Waals surface area contributed by atoms with E-state index in [1.54, 1.807) is 6.20 Å². The Hall–Kier alpha value is -3.25. The number of benzene rings is 1. The summed E-state index contributed by atoms with van der Waals surface area (Å²) in [6, 6.07) is 3.66. The van der Waals surface area contributed by atoms with Gasteiger partial charge in [-0.15, -0.1) is 11.3 Å². The van der Waals surface area contributed by atoms with Crippen molar-refractivity contribution in [3.63, 3.8) is 0 Å². The molecule has 1 aromatic carbocycles. The van der Waals surface area contributed by atoms with Crippen LogP contribution in [-0.4, -0.2) is 62.9 Å². The van der Waals surface area contributed by atoms with E-state index < -0.39 is 54.8 Å². The third kappa shape index (κ3) is 4.42. The van der Waals surface area contributed by atoms with Gasteiger partial charge in [-0.05, 0) is 31.5 Å². The maximum atomic E-state index is 14.1. The summed E-state index contributed by atoms with van der Waals surface area (Å²) in [5, 5.41) is 22.9. The summed E-state index contributed by atoms with van der Waals surface area (Å²) in [6.45, 7) is 2.12. The highest BCUT2D eigenvalue weighted by atomic mass is 32.1. The zero-order valence-electron chi connectivity index (χ0n) is 18.2. The largest absolute Gasteiger partial charge is 0.480 e. The van der Waals surface area contributed by atoms with E-state index >= 15 is 0 Å². The fraction of sp³-hybridized carbons (Fsp3) is 0.364. The second-order valence-electron chi connectivity index (χ2n) is 8.42. The van der Waals surface area contributed by atoms with E-state index in [1.165, 1.54) is 42.5 Å². The van der Waals surface area contributed by atoms with Gasteiger partial charge in [0.1, 0.15) is 17.4 Å². The van der Waals surface area contributed by atoms with Crippen molar-refractivity contribution in [1.82, 2.24) is 15.2 Å². The first kappa shape index (κ1) is 23.9. The van der Waals surface area contributed by atoms with Crippen molar-refractivity contribution in [1.29, 1.82) is 0 Å². The van der Waals surface area contributed by atoms with Crippen LogP contribution >= 0.6 is 11.3 Å². The number of aliphatic carboxylic acids is 2. The summed E-state index contributed by atoms with van der Waals surface area (Å²) in [5.41, 5.74) is -1.41. The van der Waals surface area contributed by atoms with E-state index in [0.717, 1.165) is 9.78 Å². The van der Waals surface area contributed by atoms with Crippen molar-refractivity contribution in [2.24, 2.45) is 4.99 Å². The van der Waals surface area contributed by atoms with Gasteiger partial charge < -0.3 is 15.5 Å². The second kappa shape index (κ2) is 8.51. The molecule has 1 aromatic heterocycles. The van der Waals surface area contributed by atoms with Gasteiger partial charge in [-0.25, -0.2) is 27.9 Å². The zero-order chi connectivity index (χ0) is 24.8. The molecule has 34 heavy (non-hydrogen) atoms. The van der Waals surface area contributed by atoms with E-state index in [2.05, 4.69) is 15.3 Å². The highest BCUT2D eigenvalue weighted by molar-refractivity contribution is 7.13. The fourth-order valence-corrected chi connectivity index (χ4v) is 5.02. The normalized spacial score (nSPS) is 24.6. The van der Waals surface area contributed by atoms with Crippen molar-refractivity contribution in [3.8, 4) is 0 Å². The molecule has 4 rings (SSSR count). The maximum Gasteiger partial charge on any atom is 0.336 e. The molecule has 2 aliphatic heterocycles. The number of halogens is 3. The fourth-order valence-electron chi connectivity index (χ4n) is 4.31. The Bertz CT molecular complexity index is 1210. The average molecular weight is 494 g/mol. The molecule has 8 nitrogen and oxygen atoms in total. The quantitative estimate of drug-likeness (QED) is 0.566. The number of carbonyl (C=O) groups is 2. The minimum absolute atomic E-state index is 0.0149. The third-order valence-corrected chi connectivity index (χ3v) is 6.77. The molecule has 12 heteroatoms. The van der Waals surface area contributed by atoms with Crippen LogP contribution in [0, 0.1) is 12.7 Å². The Morgan fingerprint density at radius 2 is 1.94 bits per heavy atom. The Kier molecular flexibility index (Phi) is 5.98. The van der Waals surface area contributed by atoms with Crippen LogP contribution < -0.4 is 5.32 Å². The van der Waals surface area contributed by atoms with Crippen LogP contribution in [0.3, 0.4) is 0 Å². The standard InChI is InChI=1S/C22H21F3N4O4S/c1-11-8-26-18(34-11)17-27-14(9-29-10-22(24,25)7-15(29)19(30)31)16(20(32)33)21(2,28-17)12-3-5-13(23)6-4-12/h3-6,8,15H,7,9-10H2,1-2H3,(H,27,28)(H,30,31)(H,32,33)/t15-,21-/m0/s1. The number of alkyl halides is 2. The molecule has 1 fully saturated rings. The minimum Gasteiger partial charge on any atom is -0.480 e. The molecular weight excluding hydrogens is 473 g/mol. The van der Waals surface area contributed by atoms with E-state index in [0.29, 0.717) is 10.6 Å². The molecular formula is C22H21F3N4O4S. The maximum absolute atomic E-state index is 14.1. The molecule has 180 valence electrons. The first-order valence-electron chi connectivity index (χ1n) is 10.3. The van der Waals surface area contributed by atoms with Gasteiger partial charge in [-0.3, -0.25) is 9.69 Å². The lowest BCUT2D eigenvalue weighted by Crippen LogP contribution is -2.46. The number of aryl methyl sites for hydroxylation is 1. The van der Waals surface area contributed by atoms with Crippen LogP contribution in [0.15, 0.2) is 46.7 Å². The molecule has 0 unspecified atom stereocenters. The van der Waals surface area contributed by atoms with Crippen molar-refractivity contribution >= 4 is 29.1 Å². The van der Waals surface area contributed by atoms with Crippen LogP contribution in [-0.2, 0) is 15.1 Å². The highest BCUT2D eigenvalue weighted by Gasteiger charge is 2.50. The molecule has 0 radical (unpaired) electrons. The number of thiazole rings is 1. The molecule has 2 aliphatic rings. The van der Waals surface area contributed by atoms with Crippen molar-refractivity contribution in [3.05, 3.63) is 63.0 Å². The smallest absolute Gasteiger partial charge is 0.336 e. The van der Waals surface area contributed by atoms with Gasteiger partial charge in [0.2, 0.25) is 0 Å². The Balaban J connectivity index is 1.85. The van der Waals surface area contributed by atoms with Gasteiger partial charge in [0.15, 0.2) is 10.8 Å². The van der Waals surface area contributed by atoms with Gasteiger partial charge in [-0.2, -0.15) is 0 Å². The number of aliphatic imine (C=N–C) groups is 1. The van der Waals surface area contributed by atoms with E-state index in [9.17, 15) is 33.0 Å². The number of nitrogens with zero attached hydrogens (tertiary/aromatic N) is 3. The lowest BCUT2D eigenvalue weighted by atomic mass is 9.82. The number of carboxylic acid groups (broad SMARTS) is 2. The number of nitrogens with one attached hydrogen (secondary N) is 1. The first-order valence-corrected chi connectivity index (χ1v) is 11.1. The number of rotatable bonds is 6. The molecule has 1 saturated heterocycles. The predicted molar refractivity (Wildman–Crippen MR) is 117 cm³/mol. The monoisotopic (exact) mass is 494 g/mol. The van der Waals surface area contributed by atoms with E-state index in [1.807, 2.05) is 6.92 Å². The van der Waals surface area contributed by atoms with Gasteiger partial charge >= 0.3 is 11.9 Å². The van der Waals surface area contributed by atoms with Crippen molar-refractivity contribution < 1.29 is 33.0 Å². The van der Waals surface area contributed by atoms with Crippen LogP contribution in [0.4, 0.5) is 13.2 Å². The van der Waals surface area contributed by atoms with Gasteiger partial charge in [-0.1, -0.05) is 12.1 Å². The number of hydrogen-bond donors (Lipinski definition) is 3. The zero-order valence-corrected chi connectivity index (χ0v) is 19.0. The molecule has 2 aromatic rings. The number of carboxylic acids is 2. The molecule has 0 saturated carbocycles. The lowest BCUT2D eigenvalue weighted by molar-refractivity contribution is -0.142. The van der Waals surface area contributed by atoms with Crippen LogP contribution in [0.25, 0.3) is 0 Å². The van der Waals surface area contributed by atoms with Gasteiger partial charge in [0.05, 0.1) is 12.1 Å². The molecule has 3 heterocycles. The van der Waals surface area contributed by atoms with Crippen molar-refractivity contribution in [2.45, 2.75) is 37.8 Å².